The Balaban J connectivity index is 1.55. The highest BCUT2D eigenvalue weighted by Gasteiger charge is 2.28. The quantitative estimate of drug-likeness (QED) is 0.119. The number of rotatable bonds is 6. The molecule has 0 fully saturated rings. The van der Waals surface area contributed by atoms with Crippen LogP contribution in [0.25, 0.3) is 43.8 Å². The van der Waals surface area contributed by atoms with Crippen molar-refractivity contribution in [3.63, 3.8) is 0 Å². The zero-order valence-electron chi connectivity index (χ0n) is 21.7. The summed E-state index contributed by atoms with van der Waals surface area (Å²) in [6, 6.07) is 30.0. The third kappa shape index (κ3) is 4.42. The summed E-state index contributed by atoms with van der Waals surface area (Å²) in [6.07, 6.45) is 0. The topological polar surface area (TPSA) is 151 Å². The van der Waals surface area contributed by atoms with Crippen molar-refractivity contribution in [2.45, 2.75) is 0 Å². The molecule has 10 nitrogen and oxygen atoms in total. The molecule has 0 atom stereocenters. The predicted molar refractivity (Wildman–Crippen MR) is 160 cm³/mol. The smallest absolute Gasteiger partial charge is 0.308 e. The van der Waals surface area contributed by atoms with Crippen molar-refractivity contribution in [2.24, 2.45) is 10.2 Å². The van der Waals surface area contributed by atoms with Gasteiger partial charge in [-0.3, -0.25) is 20.2 Å². The molecule has 0 heterocycles. The molecule has 0 aliphatic rings. The van der Waals surface area contributed by atoms with Gasteiger partial charge >= 0.3 is 11.4 Å². The van der Waals surface area contributed by atoms with Crippen LogP contribution in [-0.4, -0.2) is 20.1 Å². The number of benzene rings is 6. The zero-order chi connectivity index (χ0) is 29.4. The van der Waals surface area contributed by atoms with Gasteiger partial charge in [0.2, 0.25) is 0 Å². The molecule has 0 spiro atoms. The second-order valence-corrected chi connectivity index (χ2v) is 9.42. The fourth-order valence-corrected chi connectivity index (χ4v) is 5.20. The molecule has 0 saturated heterocycles. The summed E-state index contributed by atoms with van der Waals surface area (Å²) >= 11 is 0. The molecule has 6 aromatic rings. The van der Waals surface area contributed by atoms with Crippen LogP contribution in [0, 0.1) is 20.2 Å². The monoisotopic (exact) mass is 556 g/mol. The minimum Gasteiger partial charge on any atom is -0.507 e. The first kappa shape index (κ1) is 26.1. The van der Waals surface area contributed by atoms with Crippen molar-refractivity contribution in [1.82, 2.24) is 0 Å². The average Bonchev–Trinajstić information content (AvgIpc) is 3.00. The van der Waals surface area contributed by atoms with E-state index >= 15 is 0 Å². The highest BCUT2D eigenvalue weighted by Crippen LogP contribution is 2.48. The van der Waals surface area contributed by atoms with Gasteiger partial charge in [0, 0.05) is 11.1 Å². The van der Waals surface area contributed by atoms with Crippen LogP contribution in [0.2, 0.25) is 0 Å². The second-order valence-electron chi connectivity index (χ2n) is 9.42. The normalized spacial score (nSPS) is 11.3. The van der Waals surface area contributed by atoms with Crippen molar-refractivity contribution in [3.8, 4) is 33.8 Å². The Kier molecular flexibility index (Phi) is 6.48. The number of phenols is 2. The van der Waals surface area contributed by atoms with Gasteiger partial charge in [-0.25, -0.2) is 0 Å². The van der Waals surface area contributed by atoms with E-state index in [-0.39, 0.29) is 34.0 Å². The summed E-state index contributed by atoms with van der Waals surface area (Å²) in [5.41, 5.74) is -0.706. The Hall–Kier alpha value is -6.16. The molecule has 0 bridgehead atoms. The lowest BCUT2D eigenvalue weighted by Gasteiger charge is -2.11. The Labute approximate surface area is 237 Å². The van der Waals surface area contributed by atoms with Crippen LogP contribution in [0.15, 0.2) is 119 Å². The number of aromatic hydroxyl groups is 2. The standard InChI is InChI=1S/C32H20N4O6/c37-27-17-15-25(31(35(39)40)29(27)23-13-5-9-19-7-1-3-11-21(19)23)33-34-26-16-18-28(38)30(32(26)36(41)42)24-14-6-10-20-8-2-4-12-22(20)24/h1-18,37-38H. The summed E-state index contributed by atoms with van der Waals surface area (Å²) in [5.74, 6) is -0.656. The fraction of sp³-hybridized carbons (Fsp3) is 0. The summed E-state index contributed by atoms with van der Waals surface area (Å²) < 4.78 is 0. The number of hydrogen-bond acceptors (Lipinski definition) is 8. The number of fused-ring (bicyclic) bond motifs is 2. The third-order valence-electron chi connectivity index (χ3n) is 7.02. The zero-order valence-corrected chi connectivity index (χ0v) is 21.7. The minimum absolute atomic E-state index is 0.0510. The van der Waals surface area contributed by atoms with Crippen LogP contribution in [-0.2, 0) is 0 Å². The van der Waals surface area contributed by atoms with Gasteiger partial charge in [-0.05, 0) is 45.8 Å². The second kappa shape index (κ2) is 10.4. The molecule has 204 valence electrons. The van der Waals surface area contributed by atoms with Crippen LogP contribution in [0.4, 0.5) is 22.7 Å². The molecule has 0 unspecified atom stereocenters. The van der Waals surface area contributed by atoms with Crippen molar-refractivity contribution >= 4 is 44.3 Å². The fourth-order valence-electron chi connectivity index (χ4n) is 5.20. The van der Waals surface area contributed by atoms with Crippen molar-refractivity contribution in [2.75, 3.05) is 0 Å². The van der Waals surface area contributed by atoms with E-state index in [1.807, 2.05) is 36.4 Å². The first-order valence-corrected chi connectivity index (χ1v) is 12.7. The lowest BCUT2D eigenvalue weighted by molar-refractivity contribution is -0.383. The molecule has 0 saturated carbocycles. The van der Waals surface area contributed by atoms with E-state index in [0.29, 0.717) is 21.9 Å². The van der Waals surface area contributed by atoms with Gasteiger partial charge in [-0.1, -0.05) is 84.9 Å². The van der Waals surface area contributed by atoms with Gasteiger partial charge in [0.05, 0.1) is 9.85 Å². The summed E-state index contributed by atoms with van der Waals surface area (Å²) in [7, 11) is 0. The van der Waals surface area contributed by atoms with E-state index in [1.54, 1.807) is 48.5 Å². The van der Waals surface area contributed by atoms with Gasteiger partial charge in [0.1, 0.15) is 22.6 Å². The molecule has 0 radical (unpaired) electrons. The Morgan fingerprint density at radius 2 is 0.881 bits per heavy atom. The molecule has 42 heavy (non-hydrogen) atoms. The molecule has 6 rings (SSSR count). The van der Waals surface area contributed by atoms with Crippen molar-refractivity contribution in [3.05, 3.63) is 129 Å². The summed E-state index contributed by atoms with van der Waals surface area (Å²) in [5, 5.41) is 57.3. The molecular weight excluding hydrogens is 536 g/mol. The highest BCUT2D eigenvalue weighted by atomic mass is 16.6. The van der Waals surface area contributed by atoms with Crippen molar-refractivity contribution in [1.29, 1.82) is 0 Å². The van der Waals surface area contributed by atoms with Crippen molar-refractivity contribution < 1.29 is 20.1 Å². The molecule has 6 aromatic carbocycles. The van der Waals surface area contributed by atoms with Crippen LogP contribution in [0.1, 0.15) is 0 Å². The van der Waals surface area contributed by atoms with Crippen LogP contribution < -0.4 is 0 Å². The average molecular weight is 557 g/mol. The maximum atomic E-state index is 12.4. The lowest BCUT2D eigenvalue weighted by Crippen LogP contribution is -1.95. The van der Waals surface area contributed by atoms with E-state index in [2.05, 4.69) is 10.2 Å². The van der Waals surface area contributed by atoms with E-state index in [1.165, 1.54) is 24.3 Å². The summed E-state index contributed by atoms with van der Waals surface area (Å²) in [6.45, 7) is 0. The third-order valence-corrected chi connectivity index (χ3v) is 7.02. The van der Waals surface area contributed by atoms with Crippen LogP contribution >= 0.6 is 0 Å². The maximum Gasteiger partial charge on any atom is 0.308 e. The molecule has 0 aromatic heterocycles. The van der Waals surface area contributed by atoms with Gasteiger partial charge in [-0.15, -0.1) is 10.2 Å². The number of nitrogens with zero attached hydrogens (tertiary/aromatic N) is 4. The SMILES string of the molecule is O=[N+]([O-])c1c(N=Nc2ccc(O)c(-c3cccc4ccccc34)c2[N+](=O)[O-])ccc(O)c1-c1cccc2ccccc12. The number of azo groups is 1. The lowest BCUT2D eigenvalue weighted by atomic mass is 9.95. The molecule has 0 aliphatic heterocycles. The summed E-state index contributed by atoms with van der Waals surface area (Å²) in [4.78, 5) is 23.4. The van der Waals surface area contributed by atoms with Crippen LogP contribution in [0.5, 0.6) is 11.5 Å². The first-order valence-electron chi connectivity index (χ1n) is 12.7. The van der Waals surface area contributed by atoms with Crippen LogP contribution in [0.3, 0.4) is 0 Å². The molecule has 10 heteroatoms. The number of nitro benzene ring substituents is 2. The largest absolute Gasteiger partial charge is 0.507 e. The van der Waals surface area contributed by atoms with Gasteiger partial charge in [0.25, 0.3) is 0 Å². The Bertz CT molecular complexity index is 1930. The number of hydrogen-bond donors (Lipinski definition) is 2. The molecule has 0 aliphatic carbocycles. The van der Waals surface area contributed by atoms with E-state index in [9.17, 15) is 30.4 Å². The van der Waals surface area contributed by atoms with E-state index < -0.39 is 21.2 Å². The van der Waals surface area contributed by atoms with E-state index in [0.717, 1.165) is 10.8 Å². The number of nitro groups is 2. The Morgan fingerprint density at radius 3 is 1.29 bits per heavy atom. The molecule has 2 N–H and O–H groups in total. The van der Waals surface area contributed by atoms with Gasteiger partial charge < -0.3 is 10.2 Å². The molecular formula is C32H20N4O6. The molecule has 0 amide bonds. The minimum atomic E-state index is -0.669. The Morgan fingerprint density at radius 1 is 0.500 bits per heavy atom. The van der Waals surface area contributed by atoms with E-state index in [4.69, 9.17) is 0 Å². The number of phenolic OH excluding ortho intramolecular Hbond substituents is 2. The maximum absolute atomic E-state index is 12.4. The van der Waals surface area contributed by atoms with Gasteiger partial charge in [0.15, 0.2) is 11.4 Å². The predicted octanol–water partition coefficient (Wildman–Crippen LogP) is 8.97. The highest BCUT2D eigenvalue weighted by molar-refractivity contribution is 6.03. The van der Waals surface area contributed by atoms with Gasteiger partial charge in [-0.2, -0.15) is 0 Å². The first-order chi connectivity index (χ1) is 20.3.